The maximum atomic E-state index is 6.94. The molecule has 0 aliphatic rings. The summed E-state index contributed by atoms with van der Waals surface area (Å²) in [5.41, 5.74) is 12.5. The highest BCUT2D eigenvalue weighted by atomic mass is 16.3. The minimum Gasteiger partial charge on any atom is -0.453 e. The Hall–Kier alpha value is -6.39. The van der Waals surface area contributed by atoms with Crippen molar-refractivity contribution in [3.05, 3.63) is 164 Å². The summed E-state index contributed by atoms with van der Waals surface area (Å²) in [5, 5.41) is 4.62. The molecule has 0 amide bonds. The van der Waals surface area contributed by atoms with Crippen molar-refractivity contribution in [1.82, 2.24) is 14.0 Å². The predicted octanol–water partition coefficient (Wildman–Crippen LogP) is 11.3. The van der Waals surface area contributed by atoms with E-state index < -0.39 is 0 Å². The molecule has 10 aromatic rings. The van der Waals surface area contributed by atoms with Gasteiger partial charge in [-0.3, -0.25) is 4.40 Å². The second-order valence-corrected chi connectivity index (χ2v) is 12.0. The average molecular weight is 602 g/mol. The van der Waals surface area contributed by atoms with Gasteiger partial charge in [0.25, 0.3) is 0 Å². The Balaban J connectivity index is 1.16. The zero-order valence-corrected chi connectivity index (χ0v) is 25.3. The van der Waals surface area contributed by atoms with Gasteiger partial charge in [0.1, 0.15) is 11.2 Å². The molecule has 0 atom stereocenters. The number of pyridine rings is 1. The monoisotopic (exact) mass is 601 g/mol. The minimum absolute atomic E-state index is 0.894. The van der Waals surface area contributed by atoms with Gasteiger partial charge in [-0.25, -0.2) is 4.98 Å². The van der Waals surface area contributed by atoms with Gasteiger partial charge in [-0.15, -0.1) is 0 Å². The summed E-state index contributed by atoms with van der Waals surface area (Å²) in [4.78, 5) is 5.06. The molecule has 47 heavy (non-hydrogen) atoms. The molecule has 0 spiro atoms. The minimum atomic E-state index is 0.894. The molecule has 6 aromatic carbocycles. The Morgan fingerprint density at radius 1 is 0.468 bits per heavy atom. The smallest absolute Gasteiger partial charge is 0.160 e. The number of imidazole rings is 1. The number of aromatic nitrogens is 3. The van der Waals surface area contributed by atoms with E-state index in [-0.39, 0.29) is 0 Å². The van der Waals surface area contributed by atoms with Crippen LogP contribution in [0.5, 0.6) is 0 Å². The summed E-state index contributed by atoms with van der Waals surface area (Å²) in [6.45, 7) is 0. The predicted molar refractivity (Wildman–Crippen MR) is 193 cm³/mol. The highest BCUT2D eigenvalue weighted by Gasteiger charge is 2.21. The summed E-state index contributed by atoms with van der Waals surface area (Å²) >= 11 is 0. The topological polar surface area (TPSA) is 35.4 Å². The fourth-order valence-electron chi connectivity index (χ4n) is 7.25. The number of hydrogen-bond acceptors (Lipinski definition) is 2. The number of nitrogens with zero attached hydrogens (tertiary/aromatic N) is 3. The molecule has 10 rings (SSSR count). The third-order valence-corrected chi connectivity index (χ3v) is 9.36. The first kappa shape index (κ1) is 25.9. The SMILES string of the molecule is c1ccc(-c2c(-c3ccc(-c4cccc5c4oc4c5ccc5c6ccccc6n(-c6ccccc6)c54)cc3)nc3ccccn23)cc1. The summed E-state index contributed by atoms with van der Waals surface area (Å²) in [7, 11) is 0. The largest absolute Gasteiger partial charge is 0.453 e. The quantitative estimate of drug-likeness (QED) is 0.201. The van der Waals surface area contributed by atoms with Gasteiger partial charge in [0, 0.05) is 50.1 Å². The lowest BCUT2D eigenvalue weighted by molar-refractivity contribution is 0.672. The zero-order valence-electron chi connectivity index (χ0n) is 25.3. The van der Waals surface area contributed by atoms with Gasteiger partial charge in [-0.2, -0.15) is 0 Å². The van der Waals surface area contributed by atoms with Crippen molar-refractivity contribution in [3.8, 4) is 39.3 Å². The van der Waals surface area contributed by atoms with E-state index in [0.29, 0.717) is 0 Å². The number of hydrogen-bond donors (Lipinski definition) is 0. The van der Waals surface area contributed by atoms with Crippen LogP contribution >= 0.6 is 0 Å². The summed E-state index contributed by atoms with van der Waals surface area (Å²) in [6.07, 6.45) is 2.08. The molecule has 0 saturated heterocycles. The van der Waals surface area contributed by atoms with E-state index in [4.69, 9.17) is 9.40 Å². The van der Waals surface area contributed by atoms with Crippen molar-refractivity contribution in [3.63, 3.8) is 0 Å². The van der Waals surface area contributed by atoms with Crippen LogP contribution in [0.2, 0.25) is 0 Å². The fraction of sp³-hybridized carbons (Fsp3) is 0. The molecule has 4 aromatic heterocycles. The molecule has 4 heterocycles. The van der Waals surface area contributed by atoms with Crippen molar-refractivity contribution in [2.75, 3.05) is 0 Å². The van der Waals surface area contributed by atoms with Gasteiger partial charge in [-0.05, 0) is 42.0 Å². The molecule has 4 heteroatoms. The van der Waals surface area contributed by atoms with E-state index in [2.05, 4.69) is 161 Å². The Labute approximate surface area is 270 Å². The molecule has 0 fully saturated rings. The second-order valence-electron chi connectivity index (χ2n) is 12.0. The average Bonchev–Trinajstić information content (AvgIpc) is 3.82. The molecule has 0 aliphatic heterocycles. The maximum absolute atomic E-state index is 6.94. The lowest BCUT2D eigenvalue weighted by Crippen LogP contribution is -1.93. The third kappa shape index (κ3) is 3.85. The lowest BCUT2D eigenvalue weighted by atomic mass is 9.99. The van der Waals surface area contributed by atoms with E-state index >= 15 is 0 Å². The summed E-state index contributed by atoms with van der Waals surface area (Å²) in [6, 6.07) is 55.4. The molecule has 0 saturated carbocycles. The molecule has 220 valence electrons. The van der Waals surface area contributed by atoms with Crippen LogP contribution < -0.4 is 0 Å². The first-order valence-electron chi connectivity index (χ1n) is 15.9. The van der Waals surface area contributed by atoms with Crippen LogP contribution in [0.4, 0.5) is 0 Å². The van der Waals surface area contributed by atoms with Crippen LogP contribution in [-0.2, 0) is 0 Å². The van der Waals surface area contributed by atoms with E-state index in [1.54, 1.807) is 0 Å². The van der Waals surface area contributed by atoms with E-state index in [1.165, 1.54) is 16.3 Å². The van der Waals surface area contributed by atoms with Gasteiger partial charge in [0.15, 0.2) is 5.58 Å². The van der Waals surface area contributed by atoms with Crippen molar-refractivity contribution in [2.45, 2.75) is 0 Å². The fourth-order valence-corrected chi connectivity index (χ4v) is 7.25. The number of fused-ring (bicyclic) bond motifs is 8. The van der Waals surface area contributed by atoms with Gasteiger partial charge < -0.3 is 8.98 Å². The van der Waals surface area contributed by atoms with Crippen molar-refractivity contribution in [1.29, 1.82) is 0 Å². The van der Waals surface area contributed by atoms with Crippen LogP contribution in [0, 0.1) is 0 Å². The number of rotatable bonds is 4. The number of benzene rings is 6. The highest BCUT2D eigenvalue weighted by Crippen LogP contribution is 2.43. The van der Waals surface area contributed by atoms with E-state index in [0.717, 1.165) is 72.4 Å². The molecule has 0 N–H and O–H groups in total. The number of furan rings is 1. The normalized spacial score (nSPS) is 11.8. The van der Waals surface area contributed by atoms with Crippen LogP contribution in [0.25, 0.3) is 88.7 Å². The molecule has 0 unspecified atom stereocenters. The van der Waals surface area contributed by atoms with Gasteiger partial charge in [-0.1, -0.05) is 121 Å². The van der Waals surface area contributed by atoms with Crippen molar-refractivity contribution >= 4 is 49.4 Å². The molecular formula is C43H27N3O. The standard InChI is InChI=1S/C43H27N3O/c1-3-12-30(13-4-1)40-39(44-38-20-9-10-27-45(38)40)29-23-21-28(22-24-29)32-17-11-18-35-36-26-25-34-33-16-7-8-19-37(33)46(31-14-5-2-6-15-31)41(34)43(36)47-42(32)35/h1-27H. The van der Waals surface area contributed by atoms with Gasteiger partial charge in [0.05, 0.1) is 22.4 Å². The molecule has 0 radical (unpaired) electrons. The maximum Gasteiger partial charge on any atom is 0.160 e. The first-order valence-corrected chi connectivity index (χ1v) is 15.9. The Kier molecular flexibility index (Phi) is 5.54. The Morgan fingerprint density at radius 2 is 1.15 bits per heavy atom. The van der Waals surface area contributed by atoms with Crippen LogP contribution in [0.3, 0.4) is 0 Å². The Bertz CT molecular complexity index is 2770. The Morgan fingerprint density at radius 3 is 2.00 bits per heavy atom. The van der Waals surface area contributed by atoms with Crippen LogP contribution in [0.1, 0.15) is 0 Å². The molecule has 0 bridgehead atoms. The third-order valence-electron chi connectivity index (χ3n) is 9.36. The van der Waals surface area contributed by atoms with E-state index in [1.807, 2.05) is 12.1 Å². The molecule has 0 aliphatic carbocycles. The van der Waals surface area contributed by atoms with Gasteiger partial charge >= 0.3 is 0 Å². The number of para-hydroxylation sites is 3. The van der Waals surface area contributed by atoms with Crippen LogP contribution in [-0.4, -0.2) is 14.0 Å². The zero-order chi connectivity index (χ0) is 30.9. The molecular weight excluding hydrogens is 574 g/mol. The highest BCUT2D eigenvalue weighted by molar-refractivity contribution is 6.22. The van der Waals surface area contributed by atoms with Crippen molar-refractivity contribution in [2.24, 2.45) is 0 Å². The first-order chi connectivity index (χ1) is 23.3. The van der Waals surface area contributed by atoms with Crippen molar-refractivity contribution < 1.29 is 4.42 Å². The molecule has 4 nitrogen and oxygen atoms in total. The van der Waals surface area contributed by atoms with Crippen LogP contribution in [0.15, 0.2) is 168 Å². The lowest BCUT2D eigenvalue weighted by Gasteiger charge is -2.08. The summed E-state index contributed by atoms with van der Waals surface area (Å²) < 4.78 is 11.4. The second kappa shape index (κ2) is 10.1. The van der Waals surface area contributed by atoms with E-state index in [9.17, 15) is 0 Å². The summed E-state index contributed by atoms with van der Waals surface area (Å²) in [5.74, 6) is 0. The van der Waals surface area contributed by atoms with Gasteiger partial charge in [0.2, 0.25) is 0 Å².